The second kappa shape index (κ2) is 5.21. The third kappa shape index (κ3) is 2.99. The number of nitrogens with zero attached hydrogens (tertiary/aromatic N) is 2. The molecule has 0 amide bonds. The summed E-state index contributed by atoms with van der Waals surface area (Å²) >= 11 is 5.92. The summed E-state index contributed by atoms with van der Waals surface area (Å²) in [4.78, 5) is 0. The average Bonchev–Trinajstić information content (AvgIpc) is 2.73. The van der Waals surface area contributed by atoms with Gasteiger partial charge < -0.3 is 10.5 Å². The quantitative estimate of drug-likeness (QED) is 0.906. The summed E-state index contributed by atoms with van der Waals surface area (Å²) in [6.07, 6.45) is 3.68. The first-order chi connectivity index (χ1) is 8.19. The SMILES string of the molecule is Cn1cc(COc2cc(Cl)ccc2CN)cn1. The minimum Gasteiger partial charge on any atom is -0.488 e. The molecule has 0 bridgehead atoms. The first kappa shape index (κ1) is 12.0. The van der Waals surface area contributed by atoms with Crippen LogP contribution in [0.15, 0.2) is 30.6 Å². The van der Waals surface area contributed by atoms with E-state index in [4.69, 9.17) is 22.1 Å². The normalized spacial score (nSPS) is 10.5. The number of rotatable bonds is 4. The first-order valence-corrected chi connectivity index (χ1v) is 5.65. The number of aryl methyl sites for hydroxylation is 1. The molecule has 4 nitrogen and oxygen atoms in total. The van der Waals surface area contributed by atoms with Crippen molar-refractivity contribution in [2.75, 3.05) is 0 Å². The highest BCUT2D eigenvalue weighted by Gasteiger charge is 2.04. The Morgan fingerprint density at radius 1 is 1.47 bits per heavy atom. The van der Waals surface area contributed by atoms with E-state index < -0.39 is 0 Å². The molecule has 0 saturated heterocycles. The van der Waals surface area contributed by atoms with Crippen molar-refractivity contribution in [2.24, 2.45) is 12.8 Å². The van der Waals surface area contributed by atoms with Crippen LogP contribution in [0.5, 0.6) is 5.75 Å². The molecular weight excluding hydrogens is 238 g/mol. The van der Waals surface area contributed by atoms with E-state index in [1.807, 2.05) is 19.3 Å². The van der Waals surface area contributed by atoms with Gasteiger partial charge in [-0.05, 0) is 12.1 Å². The molecule has 1 aromatic heterocycles. The predicted octanol–water partition coefficient (Wildman–Crippen LogP) is 2.11. The van der Waals surface area contributed by atoms with Crippen LogP contribution in [0.25, 0.3) is 0 Å². The van der Waals surface area contributed by atoms with Gasteiger partial charge in [-0.15, -0.1) is 0 Å². The van der Waals surface area contributed by atoms with Crippen LogP contribution >= 0.6 is 11.6 Å². The first-order valence-electron chi connectivity index (χ1n) is 5.28. The van der Waals surface area contributed by atoms with Gasteiger partial charge in [-0.1, -0.05) is 17.7 Å². The molecule has 0 radical (unpaired) electrons. The zero-order valence-electron chi connectivity index (χ0n) is 9.56. The molecule has 90 valence electrons. The van der Waals surface area contributed by atoms with Crippen molar-refractivity contribution in [1.29, 1.82) is 0 Å². The highest BCUT2D eigenvalue weighted by molar-refractivity contribution is 6.30. The Morgan fingerprint density at radius 3 is 2.94 bits per heavy atom. The second-order valence-corrected chi connectivity index (χ2v) is 4.20. The second-order valence-electron chi connectivity index (χ2n) is 3.77. The fraction of sp³-hybridized carbons (Fsp3) is 0.250. The van der Waals surface area contributed by atoms with Crippen molar-refractivity contribution in [2.45, 2.75) is 13.2 Å². The summed E-state index contributed by atoms with van der Waals surface area (Å²) < 4.78 is 7.43. The Hall–Kier alpha value is -1.52. The van der Waals surface area contributed by atoms with Crippen molar-refractivity contribution >= 4 is 11.6 Å². The van der Waals surface area contributed by atoms with Gasteiger partial charge in [0.05, 0.1) is 6.20 Å². The summed E-state index contributed by atoms with van der Waals surface area (Å²) in [5, 5.41) is 4.72. The maximum Gasteiger partial charge on any atom is 0.125 e. The lowest BCUT2D eigenvalue weighted by Gasteiger charge is -2.09. The Labute approximate surface area is 105 Å². The standard InChI is InChI=1S/C12H14ClN3O/c1-16-7-9(6-15-16)8-17-12-4-11(13)3-2-10(12)5-14/h2-4,6-7H,5,8,14H2,1H3. The monoisotopic (exact) mass is 251 g/mol. The third-order valence-electron chi connectivity index (χ3n) is 2.40. The number of aromatic nitrogens is 2. The molecule has 0 atom stereocenters. The van der Waals surface area contributed by atoms with Crippen LogP contribution in [0.3, 0.4) is 0 Å². The summed E-state index contributed by atoms with van der Waals surface area (Å²) in [7, 11) is 1.87. The molecule has 2 N–H and O–H groups in total. The molecule has 2 rings (SSSR count). The van der Waals surface area contributed by atoms with Crippen molar-refractivity contribution in [1.82, 2.24) is 9.78 Å². The smallest absolute Gasteiger partial charge is 0.125 e. The lowest BCUT2D eigenvalue weighted by molar-refractivity contribution is 0.303. The topological polar surface area (TPSA) is 53.1 Å². The molecular formula is C12H14ClN3O. The van der Waals surface area contributed by atoms with E-state index in [9.17, 15) is 0 Å². The van der Waals surface area contributed by atoms with Crippen LogP contribution in [-0.4, -0.2) is 9.78 Å². The van der Waals surface area contributed by atoms with Crippen LogP contribution in [0.2, 0.25) is 5.02 Å². The molecule has 0 spiro atoms. The average molecular weight is 252 g/mol. The summed E-state index contributed by atoms with van der Waals surface area (Å²) in [6.45, 7) is 0.890. The Balaban J connectivity index is 2.10. The molecule has 5 heteroatoms. The lowest BCUT2D eigenvalue weighted by atomic mass is 10.2. The zero-order valence-corrected chi connectivity index (χ0v) is 10.3. The van der Waals surface area contributed by atoms with E-state index in [0.717, 1.165) is 16.9 Å². The fourth-order valence-electron chi connectivity index (χ4n) is 1.54. The number of ether oxygens (including phenoxy) is 1. The highest BCUT2D eigenvalue weighted by Crippen LogP contribution is 2.23. The van der Waals surface area contributed by atoms with Gasteiger partial charge in [0.1, 0.15) is 12.4 Å². The van der Waals surface area contributed by atoms with Crippen LogP contribution in [0, 0.1) is 0 Å². The largest absolute Gasteiger partial charge is 0.488 e. The molecule has 1 heterocycles. The minimum atomic E-state index is 0.430. The maximum absolute atomic E-state index is 5.92. The Kier molecular flexibility index (Phi) is 3.66. The van der Waals surface area contributed by atoms with E-state index in [1.54, 1.807) is 23.0 Å². The number of hydrogen-bond donors (Lipinski definition) is 1. The van der Waals surface area contributed by atoms with Gasteiger partial charge >= 0.3 is 0 Å². The molecule has 2 aromatic rings. The molecule has 0 aliphatic heterocycles. The number of halogens is 1. The van der Waals surface area contributed by atoms with E-state index in [1.165, 1.54) is 0 Å². The molecule has 0 unspecified atom stereocenters. The van der Waals surface area contributed by atoms with Crippen molar-refractivity contribution in [3.8, 4) is 5.75 Å². The highest BCUT2D eigenvalue weighted by atomic mass is 35.5. The van der Waals surface area contributed by atoms with Crippen LogP contribution in [0.4, 0.5) is 0 Å². The maximum atomic E-state index is 5.92. The third-order valence-corrected chi connectivity index (χ3v) is 2.64. The number of nitrogens with two attached hydrogens (primary N) is 1. The van der Waals surface area contributed by atoms with Crippen molar-refractivity contribution < 1.29 is 4.74 Å². The van der Waals surface area contributed by atoms with Gasteiger partial charge in [-0.25, -0.2) is 0 Å². The van der Waals surface area contributed by atoms with E-state index in [2.05, 4.69) is 5.10 Å². The van der Waals surface area contributed by atoms with Crippen LogP contribution in [0.1, 0.15) is 11.1 Å². The summed E-state index contributed by atoms with van der Waals surface area (Å²) in [6, 6.07) is 5.46. The van der Waals surface area contributed by atoms with Gasteiger partial charge in [0.2, 0.25) is 0 Å². The van der Waals surface area contributed by atoms with Crippen LogP contribution < -0.4 is 10.5 Å². The molecule has 0 saturated carbocycles. The molecule has 17 heavy (non-hydrogen) atoms. The molecule has 1 aromatic carbocycles. The summed E-state index contributed by atoms with van der Waals surface area (Å²) in [5.41, 5.74) is 7.59. The van der Waals surface area contributed by atoms with Crippen molar-refractivity contribution in [3.63, 3.8) is 0 Å². The van der Waals surface area contributed by atoms with Crippen molar-refractivity contribution in [3.05, 3.63) is 46.7 Å². The molecule has 0 fully saturated rings. The molecule has 0 aliphatic rings. The van der Waals surface area contributed by atoms with E-state index in [-0.39, 0.29) is 0 Å². The number of hydrogen-bond acceptors (Lipinski definition) is 3. The van der Waals surface area contributed by atoms with Crippen LogP contribution in [-0.2, 0) is 20.2 Å². The molecule has 0 aliphatic carbocycles. The minimum absolute atomic E-state index is 0.430. The van der Waals surface area contributed by atoms with Gasteiger partial charge in [0.25, 0.3) is 0 Å². The zero-order chi connectivity index (χ0) is 12.3. The van der Waals surface area contributed by atoms with E-state index in [0.29, 0.717) is 18.2 Å². The van der Waals surface area contributed by atoms with E-state index >= 15 is 0 Å². The van der Waals surface area contributed by atoms with Gasteiger partial charge in [-0.3, -0.25) is 4.68 Å². The van der Waals surface area contributed by atoms with Gasteiger partial charge in [0, 0.05) is 35.9 Å². The fourth-order valence-corrected chi connectivity index (χ4v) is 1.70. The Morgan fingerprint density at radius 2 is 2.29 bits per heavy atom. The van der Waals surface area contributed by atoms with Gasteiger partial charge in [-0.2, -0.15) is 5.10 Å². The Bertz CT molecular complexity index is 510. The predicted molar refractivity (Wildman–Crippen MR) is 66.9 cm³/mol. The summed E-state index contributed by atoms with van der Waals surface area (Å²) in [5.74, 6) is 0.726. The van der Waals surface area contributed by atoms with Gasteiger partial charge in [0.15, 0.2) is 0 Å². The number of benzene rings is 1. The lowest BCUT2D eigenvalue weighted by Crippen LogP contribution is -2.02.